The van der Waals surface area contributed by atoms with Crippen LogP contribution in [-0.2, 0) is 4.74 Å². The van der Waals surface area contributed by atoms with Crippen molar-refractivity contribution in [2.45, 2.75) is 32.6 Å². The number of hydrogen-bond acceptors (Lipinski definition) is 2. The summed E-state index contributed by atoms with van der Waals surface area (Å²) < 4.78 is 4.62. The second-order valence-corrected chi connectivity index (χ2v) is 4.08. The first-order valence-electron chi connectivity index (χ1n) is 6.45. The van der Waals surface area contributed by atoms with Crippen molar-refractivity contribution < 1.29 is 9.53 Å². The summed E-state index contributed by atoms with van der Waals surface area (Å²) in [6.45, 7) is 2.17. The summed E-state index contributed by atoms with van der Waals surface area (Å²) in [5, 5.41) is 0. The standard InChI is InChI=1S/C17H18O2/c1-3-4-5-6-7-8-9-10-15-11-13-16(14-12-15)17(18)19-2/h11-14H,3-6H2,1-2H3. The van der Waals surface area contributed by atoms with Crippen LogP contribution in [0.15, 0.2) is 24.3 Å². The van der Waals surface area contributed by atoms with Gasteiger partial charge in [-0.15, -0.1) is 0 Å². The molecule has 0 heterocycles. The molecule has 0 aromatic heterocycles. The predicted molar refractivity (Wildman–Crippen MR) is 76.6 cm³/mol. The first-order chi connectivity index (χ1) is 9.27. The van der Waals surface area contributed by atoms with Gasteiger partial charge < -0.3 is 4.74 Å². The maximum absolute atomic E-state index is 11.2. The van der Waals surface area contributed by atoms with E-state index in [1.165, 1.54) is 20.0 Å². The van der Waals surface area contributed by atoms with Crippen molar-refractivity contribution in [1.82, 2.24) is 0 Å². The van der Waals surface area contributed by atoms with Gasteiger partial charge in [0.25, 0.3) is 0 Å². The molecule has 2 nitrogen and oxygen atoms in total. The second-order valence-electron chi connectivity index (χ2n) is 4.08. The summed E-state index contributed by atoms with van der Waals surface area (Å²) in [5.41, 5.74) is 1.37. The Bertz CT molecular complexity index is 518. The van der Waals surface area contributed by atoms with Gasteiger partial charge in [0.15, 0.2) is 0 Å². The van der Waals surface area contributed by atoms with Crippen molar-refractivity contribution in [3.63, 3.8) is 0 Å². The Kier molecular flexibility index (Phi) is 6.92. The molecule has 0 aliphatic heterocycles. The van der Waals surface area contributed by atoms with Crippen molar-refractivity contribution >= 4 is 5.97 Å². The maximum Gasteiger partial charge on any atom is 0.337 e. The fraction of sp³-hybridized carbons (Fsp3) is 0.353. The third-order valence-electron chi connectivity index (χ3n) is 2.57. The highest BCUT2D eigenvalue weighted by Crippen LogP contribution is 2.04. The van der Waals surface area contributed by atoms with Crippen LogP contribution in [0.3, 0.4) is 0 Å². The minimum Gasteiger partial charge on any atom is -0.465 e. The van der Waals surface area contributed by atoms with Gasteiger partial charge in [0.05, 0.1) is 12.7 Å². The largest absolute Gasteiger partial charge is 0.465 e. The number of methoxy groups -OCH3 is 1. The molecule has 0 spiro atoms. The van der Waals surface area contributed by atoms with E-state index < -0.39 is 0 Å². The third-order valence-corrected chi connectivity index (χ3v) is 2.57. The molecule has 1 aromatic rings. The van der Waals surface area contributed by atoms with Crippen LogP contribution in [0.1, 0.15) is 48.5 Å². The molecule has 0 saturated carbocycles. The van der Waals surface area contributed by atoms with Crippen molar-refractivity contribution in [1.29, 1.82) is 0 Å². The van der Waals surface area contributed by atoms with E-state index in [4.69, 9.17) is 0 Å². The third kappa shape index (κ3) is 5.80. The zero-order chi connectivity index (χ0) is 13.9. The Morgan fingerprint density at radius 3 is 2.53 bits per heavy atom. The highest BCUT2D eigenvalue weighted by Gasteiger charge is 2.02. The quantitative estimate of drug-likeness (QED) is 0.467. The van der Waals surface area contributed by atoms with E-state index in [2.05, 4.69) is 35.3 Å². The summed E-state index contributed by atoms with van der Waals surface area (Å²) in [6.07, 6.45) is 4.47. The molecule has 1 rings (SSSR count). The van der Waals surface area contributed by atoms with Gasteiger partial charge in [-0.2, -0.15) is 0 Å². The van der Waals surface area contributed by atoms with Crippen LogP contribution in [0, 0.1) is 23.7 Å². The van der Waals surface area contributed by atoms with Crippen LogP contribution in [0.4, 0.5) is 0 Å². The van der Waals surface area contributed by atoms with E-state index in [1.807, 2.05) is 0 Å². The molecule has 0 saturated heterocycles. The van der Waals surface area contributed by atoms with E-state index >= 15 is 0 Å². The Morgan fingerprint density at radius 1 is 1.16 bits per heavy atom. The maximum atomic E-state index is 11.2. The number of esters is 1. The molecule has 0 N–H and O–H groups in total. The Hall–Kier alpha value is -2.19. The number of hydrogen-bond donors (Lipinski definition) is 0. The molecule has 19 heavy (non-hydrogen) atoms. The number of rotatable bonds is 4. The fourth-order valence-corrected chi connectivity index (χ4v) is 1.48. The van der Waals surface area contributed by atoms with Crippen LogP contribution < -0.4 is 0 Å². The number of carbonyl (C=O) groups is 1. The summed E-state index contributed by atoms with van der Waals surface area (Å²) in [6, 6.07) is 6.98. The average Bonchev–Trinajstić information content (AvgIpc) is 2.46. The topological polar surface area (TPSA) is 26.3 Å². The lowest BCUT2D eigenvalue weighted by atomic mass is 10.1. The number of carbonyl (C=O) groups excluding carboxylic acids is 1. The Labute approximate surface area is 115 Å². The lowest BCUT2D eigenvalue weighted by Gasteiger charge is -1.97. The Morgan fingerprint density at radius 2 is 1.89 bits per heavy atom. The van der Waals surface area contributed by atoms with Gasteiger partial charge in [-0.25, -0.2) is 4.79 Å². The molecule has 2 heteroatoms. The molecular weight excluding hydrogens is 236 g/mol. The van der Waals surface area contributed by atoms with E-state index in [0.717, 1.165) is 18.4 Å². The Balaban J connectivity index is 2.52. The first-order valence-corrected chi connectivity index (χ1v) is 6.45. The number of ether oxygens (including phenoxy) is 1. The van der Waals surface area contributed by atoms with Crippen molar-refractivity contribution in [3.8, 4) is 23.7 Å². The second kappa shape index (κ2) is 8.84. The average molecular weight is 254 g/mol. The molecule has 1 aromatic carbocycles. The highest BCUT2D eigenvalue weighted by molar-refractivity contribution is 5.89. The zero-order valence-electron chi connectivity index (χ0n) is 11.5. The highest BCUT2D eigenvalue weighted by atomic mass is 16.5. The summed E-state index contributed by atoms with van der Waals surface area (Å²) in [4.78, 5) is 11.2. The van der Waals surface area contributed by atoms with Gasteiger partial charge in [0, 0.05) is 12.0 Å². The number of benzene rings is 1. The SMILES string of the molecule is CCCCCC#CC#Cc1ccc(C(=O)OC)cc1. The minimum atomic E-state index is -0.338. The zero-order valence-corrected chi connectivity index (χ0v) is 11.5. The monoisotopic (exact) mass is 254 g/mol. The molecule has 0 fully saturated rings. The summed E-state index contributed by atoms with van der Waals surface area (Å²) in [5.74, 6) is 11.3. The predicted octanol–water partition coefficient (Wildman–Crippen LogP) is 3.41. The molecule has 0 aliphatic carbocycles. The van der Waals surface area contributed by atoms with E-state index in [9.17, 15) is 4.79 Å². The molecule has 0 amide bonds. The lowest BCUT2D eigenvalue weighted by molar-refractivity contribution is 0.0601. The minimum absolute atomic E-state index is 0.338. The van der Waals surface area contributed by atoms with Gasteiger partial charge in [0.1, 0.15) is 0 Å². The first kappa shape index (κ1) is 14.9. The molecule has 0 aliphatic rings. The van der Waals surface area contributed by atoms with Gasteiger partial charge in [-0.05, 0) is 42.5 Å². The number of unbranched alkanes of at least 4 members (excludes halogenated alkanes) is 3. The molecular formula is C17H18O2. The normalized spacial score (nSPS) is 8.74. The van der Waals surface area contributed by atoms with Crippen molar-refractivity contribution in [2.24, 2.45) is 0 Å². The summed E-state index contributed by atoms with van der Waals surface area (Å²) >= 11 is 0. The van der Waals surface area contributed by atoms with Crippen LogP contribution in [0.5, 0.6) is 0 Å². The van der Waals surface area contributed by atoms with Crippen LogP contribution in [0.2, 0.25) is 0 Å². The molecule has 0 radical (unpaired) electrons. The molecule has 98 valence electrons. The van der Waals surface area contributed by atoms with E-state index in [1.54, 1.807) is 24.3 Å². The van der Waals surface area contributed by atoms with Crippen molar-refractivity contribution in [3.05, 3.63) is 35.4 Å². The van der Waals surface area contributed by atoms with Crippen LogP contribution in [-0.4, -0.2) is 13.1 Å². The smallest absolute Gasteiger partial charge is 0.337 e. The van der Waals surface area contributed by atoms with Gasteiger partial charge >= 0.3 is 5.97 Å². The van der Waals surface area contributed by atoms with Gasteiger partial charge in [-0.3, -0.25) is 0 Å². The van der Waals surface area contributed by atoms with Gasteiger partial charge in [-0.1, -0.05) is 31.6 Å². The fourth-order valence-electron chi connectivity index (χ4n) is 1.48. The summed E-state index contributed by atoms with van der Waals surface area (Å²) in [7, 11) is 1.37. The molecule has 0 unspecified atom stereocenters. The van der Waals surface area contributed by atoms with Crippen molar-refractivity contribution in [2.75, 3.05) is 7.11 Å². The van der Waals surface area contributed by atoms with Gasteiger partial charge in [0.2, 0.25) is 0 Å². The molecule has 0 bridgehead atoms. The molecule has 0 atom stereocenters. The van der Waals surface area contributed by atoms with Crippen LogP contribution in [0.25, 0.3) is 0 Å². The van der Waals surface area contributed by atoms with E-state index in [0.29, 0.717) is 5.56 Å². The van der Waals surface area contributed by atoms with Crippen LogP contribution >= 0.6 is 0 Å². The lowest BCUT2D eigenvalue weighted by Crippen LogP contribution is -2.00. The van der Waals surface area contributed by atoms with E-state index in [-0.39, 0.29) is 5.97 Å².